The zero-order valence-electron chi connectivity index (χ0n) is 16.7. The van der Waals surface area contributed by atoms with Gasteiger partial charge in [-0.1, -0.05) is 32.3 Å². The van der Waals surface area contributed by atoms with E-state index in [1.165, 1.54) is 6.07 Å². The smallest absolute Gasteiger partial charge is 0.417 e. The number of alkyl halides is 3. The van der Waals surface area contributed by atoms with Crippen LogP contribution >= 0.6 is 0 Å². The van der Waals surface area contributed by atoms with Crippen LogP contribution in [0.3, 0.4) is 0 Å². The lowest BCUT2D eigenvalue weighted by molar-refractivity contribution is -0.136. The zero-order valence-corrected chi connectivity index (χ0v) is 16.7. The molecular weight excluding hydrogens is 367 g/mol. The summed E-state index contributed by atoms with van der Waals surface area (Å²) in [6, 6.07) is 3.64. The number of hydrogen-bond donors (Lipinski definition) is 0. The van der Waals surface area contributed by atoms with E-state index < -0.39 is 17.4 Å². The minimum absolute atomic E-state index is 0.0253. The van der Waals surface area contributed by atoms with E-state index in [4.69, 9.17) is 4.42 Å². The Morgan fingerprint density at radius 2 is 1.82 bits per heavy atom. The summed E-state index contributed by atoms with van der Waals surface area (Å²) in [6.45, 7) is 9.03. The van der Waals surface area contributed by atoms with Crippen molar-refractivity contribution in [2.75, 3.05) is 11.4 Å². The van der Waals surface area contributed by atoms with Gasteiger partial charge in [0.25, 0.3) is 0 Å². The Kier molecular flexibility index (Phi) is 5.34. The van der Waals surface area contributed by atoms with Crippen molar-refractivity contribution in [1.82, 2.24) is 0 Å². The molecule has 3 nitrogen and oxygen atoms in total. The monoisotopic (exact) mass is 393 g/mol. The summed E-state index contributed by atoms with van der Waals surface area (Å²) in [4.78, 5) is 13.9. The van der Waals surface area contributed by atoms with Crippen LogP contribution in [0.2, 0.25) is 0 Å². The van der Waals surface area contributed by atoms with E-state index in [-0.39, 0.29) is 16.5 Å². The molecule has 0 aliphatic carbocycles. The third-order valence-corrected chi connectivity index (χ3v) is 5.38. The number of hydrogen-bond acceptors (Lipinski definition) is 3. The Labute approximate surface area is 162 Å². The van der Waals surface area contributed by atoms with E-state index in [1.54, 1.807) is 6.07 Å². The molecular formula is C22H26F3NO2. The molecule has 1 aromatic heterocycles. The Bertz CT molecular complexity index is 970. The third kappa shape index (κ3) is 3.82. The molecule has 0 saturated carbocycles. The summed E-state index contributed by atoms with van der Waals surface area (Å²) in [5, 5.41) is -0.0794. The SMILES string of the molecule is CCCCCCN1c2cc3oc(=O)cc(C(F)(F)F)c3cc2C(C)=CC1(C)C. The van der Waals surface area contributed by atoms with Crippen molar-refractivity contribution >= 4 is 22.2 Å². The molecule has 0 amide bonds. The minimum Gasteiger partial charge on any atom is -0.423 e. The molecule has 152 valence electrons. The van der Waals surface area contributed by atoms with Crippen molar-refractivity contribution in [2.45, 2.75) is 65.1 Å². The number of rotatable bonds is 5. The summed E-state index contributed by atoms with van der Waals surface area (Å²) in [7, 11) is 0. The average molecular weight is 393 g/mol. The first kappa shape index (κ1) is 20.5. The lowest BCUT2D eigenvalue weighted by atomic mass is 9.87. The van der Waals surface area contributed by atoms with Gasteiger partial charge < -0.3 is 9.32 Å². The van der Waals surface area contributed by atoms with E-state index in [0.29, 0.717) is 6.07 Å². The number of halogens is 3. The third-order valence-electron chi connectivity index (χ3n) is 5.38. The lowest BCUT2D eigenvalue weighted by Gasteiger charge is -2.43. The summed E-state index contributed by atoms with van der Waals surface area (Å²) in [5.41, 5.74) is 0.246. The highest BCUT2D eigenvalue weighted by Gasteiger charge is 2.36. The van der Waals surface area contributed by atoms with E-state index in [2.05, 4.69) is 31.7 Å². The van der Waals surface area contributed by atoms with Crippen molar-refractivity contribution in [2.24, 2.45) is 0 Å². The fourth-order valence-corrected chi connectivity index (χ4v) is 4.07. The van der Waals surface area contributed by atoms with E-state index >= 15 is 0 Å². The van der Waals surface area contributed by atoms with Crippen molar-refractivity contribution in [3.8, 4) is 0 Å². The normalized spacial score (nSPS) is 16.2. The quantitative estimate of drug-likeness (QED) is 0.436. The van der Waals surface area contributed by atoms with E-state index in [9.17, 15) is 18.0 Å². The van der Waals surface area contributed by atoms with Crippen molar-refractivity contribution in [1.29, 1.82) is 0 Å². The molecule has 0 N–H and O–H groups in total. The van der Waals surface area contributed by atoms with Gasteiger partial charge in [-0.2, -0.15) is 13.2 Å². The molecule has 1 aliphatic heterocycles. The van der Waals surface area contributed by atoms with Crippen LogP contribution in [-0.2, 0) is 6.18 Å². The number of benzene rings is 1. The highest BCUT2D eigenvalue weighted by Crippen LogP contribution is 2.43. The number of nitrogens with zero attached hydrogens (tertiary/aromatic N) is 1. The highest BCUT2D eigenvalue weighted by molar-refractivity contribution is 5.93. The van der Waals surface area contributed by atoms with Gasteiger partial charge in [0.05, 0.1) is 11.1 Å². The molecule has 0 bridgehead atoms. The van der Waals surface area contributed by atoms with E-state index in [0.717, 1.165) is 49.1 Å². The minimum atomic E-state index is -4.62. The fraction of sp³-hybridized carbons (Fsp3) is 0.500. The van der Waals surface area contributed by atoms with E-state index in [1.807, 2.05) is 6.92 Å². The molecule has 0 saturated heterocycles. The maximum absolute atomic E-state index is 13.5. The molecule has 3 rings (SSSR count). The highest BCUT2D eigenvalue weighted by atomic mass is 19.4. The van der Waals surface area contributed by atoms with Gasteiger partial charge in [-0.15, -0.1) is 0 Å². The second-order valence-corrected chi connectivity index (χ2v) is 8.04. The first-order valence-corrected chi connectivity index (χ1v) is 9.71. The van der Waals surface area contributed by atoms with Crippen LogP contribution in [-0.4, -0.2) is 12.1 Å². The predicted molar refractivity (Wildman–Crippen MR) is 107 cm³/mol. The molecule has 0 atom stereocenters. The van der Waals surface area contributed by atoms with Crippen molar-refractivity contribution in [3.63, 3.8) is 0 Å². The van der Waals surface area contributed by atoms with Gasteiger partial charge in [-0.25, -0.2) is 4.79 Å². The molecule has 0 unspecified atom stereocenters. The van der Waals surface area contributed by atoms with Crippen molar-refractivity contribution in [3.05, 3.63) is 45.8 Å². The van der Waals surface area contributed by atoms with Crippen LogP contribution in [0, 0.1) is 0 Å². The van der Waals surface area contributed by atoms with Gasteiger partial charge in [0, 0.05) is 35.3 Å². The Morgan fingerprint density at radius 1 is 1.11 bits per heavy atom. The lowest BCUT2D eigenvalue weighted by Crippen LogP contribution is -2.45. The maximum atomic E-state index is 13.5. The molecule has 0 spiro atoms. The molecule has 2 heterocycles. The molecule has 2 aromatic rings. The summed E-state index contributed by atoms with van der Waals surface area (Å²) in [6.07, 6.45) is 1.85. The Morgan fingerprint density at radius 3 is 2.46 bits per heavy atom. The number of fused-ring (bicyclic) bond motifs is 2. The maximum Gasteiger partial charge on any atom is 0.417 e. The van der Waals surface area contributed by atoms with Crippen LogP contribution in [0.25, 0.3) is 16.5 Å². The van der Waals surface area contributed by atoms with Gasteiger partial charge in [0.15, 0.2) is 0 Å². The molecule has 28 heavy (non-hydrogen) atoms. The summed E-state index contributed by atoms with van der Waals surface area (Å²) in [5.74, 6) is 0. The fourth-order valence-electron chi connectivity index (χ4n) is 4.07. The number of anilines is 1. The van der Waals surface area contributed by atoms with Gasteiger partial charge in [-0.3, -0.25) is 0 Å². The van der Waals surface area contributed by atoms with Gasteiger partial charge >= 0.3 is 11.8 Å². The Balaban J connectivity index is 2.17. The van der Waals surface area contributed by atoms with Crippen LogP contribution in [0.5, 0.6) is 0 Å². The van der Waals surface area contributed by atoms with Crippen LogP contribution < -0.4 is 10.5 Å². The number of unbranched alkanes of at least 4 members (excludes halogenated alkanes) is 3. The summed E-state index contributed by atoms with van der Waals surface area (Å²) >= 11 is 0. The topological polar surface area (TPSA) is 33.5 Å². The van der Waals surface area contributed by atoms with Crippen molar-refractivity contribution < 1.29 is 17.6 Å². The average Bonchev–Trinajstić information content (AvgIpc) is 2.57. The largest absolute Gasteiger partial charge is 0.423 e. The summed E-state index contributed by atoms with van der Waals surface area (Å²) < 4.78 is 45.5. The molecule has 6 heteroatoms. The zero-order chi connectivity index (χ0) is 20.7. The van der Waals surface area contributed by atoms with Crippen LogP contribution in [0.1, 0.15) is 64.5 Å². The van der Waals surface area contributed by atoms with Gasteiger partial charge in [0.1, 0.15) is 5.58 Å². The predicted octanol–water partition coefficient (Wildman–Crippen LogP) is 6.39. The van der Waals surface area contributed by atoms with Gasteiger partial charge in [0.2, 0.25) is 0 Å². The van der Waals surface area contributed by atoms with Crippen LogP contribution in [0.4, 0.5) is 18.9 Å². The van der Waals surface area contributed by atoms with Crippen LogP contribution in [0.15, 0.2) is 33.5 Å². The molecule has 1 aromatic carbocycles. The molecule has 0 radical (unpaired) electrons. The first-order valence-electron chi connectivity index (χ1n) is 9.71. The van der Waals surface area contributed by atoms with Gasteiger partial charge in [-0.05, 0) is 38.8 Å². The Hall–Kier alpha value is -2.24. The molecule has 1 aliphatic rings. The molecule has 0 fully saturated rings. The first-order chi connectivity index (χ1) is 13.0. The second kappa shape index (κ2) is 7.30. The standard InChI is InChI=1S/C22H26F3NO2/c1-5-6-7-8-9-26-18-12-19-16(10-15(18)14(2)13-21(26,3)4)17(22(23,24)25)11-20(27)28-19/h10-13H,5-9H2,1-4H3. The number of allylic oxidation sites excluding steroid dienone is 1. The second-order valence-electron chi connectivity index (χ2n) is 8.04.